The Bertz CT molecular complexity index is 1680. The van der Waals surface area contributed by atoms with E-state index in [9.17, 15) is 10.1 Å². The number of nitrogens with zero attached hydrogens (tertiary/aromatic N) is 6. The van der Waals surface area contributed by atoms with Gasteiger partial charge in [0.1, 0.15) is 11.6 Å². The van der Waals surface area contributed by atoms with Crippen LogP contribution < -0.4 is 4.90 Å². The van der Waals surface area contributed by atoms with Crippen LogP contribution >= 0.6 is 11.6 Å². The number of aromatic nitrogens is 3. The summed E-state index contributed by atoms with van der Waals surface area (Å²) in [6, 6.07) is 8.08. The van der Waals surface area contributed by atoms with Crippen LogP contribution in [0, 0.1) is 24.1 Å². The maximum Gasteiger partial charge on any atom is 0.246 e. The summed E-state index contributed by atoms with van der Waals surface area (Å²) in [6.07, 6.45) is 6.64. The van der Waals surface area contributed by atoms with Crippen molar-refractivity contribution in [2.45, 2.75) is 38.8 Å². The Kier molecular flexibility index (Phi) is 5.84. The Morgan fingerprint density at radius 1 is 1.26 bits per heavy atom. The standard InChI is InChI=1S/C29H26ClFN6O/c1-4-23(38)36-10-9-35(15-17(36)3)28-19(12-32)13-33-27-21(28)11-22(30)25(26(27)31)24-16(2)5-6-18-14-34-37(29(18)24)20-7-8-20/h4-6,11,13-14,17,20H,1,7-10,15H2,2-3H3. The van der Waals surface area contributed by atoms with Crippen LogP contribution in [0.25, 0.3) is 32.9 Å². The Hall–Kier alpha value is -3.96. The minimum Gasteiger partial charge on any atom is -0.366 e. The molecule has 4 aromatic rings. The highest BCUT2D eigenvalue weighted by Gasteiger charge is 2.31. The lowest BCUT2D eigenvalue weighted by atomic mass is 9.95. The van der Waals surface area contributed by atoms with E-state index in [0.29, 0.717) is 53.4 Å². The second-order valence-electron chi connectivity index (χ2n) is 10.1. The zero-order valence-corrected chi connectivity index (χ0v) is 22.0. The fraction of sp³-hybridized carbons (Fsp3) is 0.310. The molecule has 1 amide bonds. The summed E-state index contributed by atoms with van der Waals surface area (Å²) in [5.41, 5.74) is 3.85. The van der Waals surface area contributed by atoms with Crippen LogP contribution in [0.5, 0.6) is 0 Å². The van der Waals surface area contributed by atoms with Gasteiger partial charge in [-0.15, -0.1) is 0 Å². The molecule has 192 valence electrons. The van der Waals surface area contributed by atoms with Crippen molar-refractivity contribution in [2.75, 3.05) is 24.5 Å². The third-order valence-electron chi connectivity index (χ3n) is 7.66. The van der Waals surface area contributed by atoms with Gasteiger partial charge in [0.2, 0.25) is 5.91 Å². The zero-order chi connectivity index (χ0) is 26.7. The van der Waals surface area contributed by atoms with Crippen LogP contribution in [0.2, 0.25) is 5.02 Å². The number of amides is 1. The minimum absolute atomic E-state index is 0.119. The van der Waals surface area contributed by atoms with Crippen molar-refractivity contribution in [1.29, 1.82) is 5.26 Å². The van der Waals surface area contributed by atoms with E-state index >= 15 is 4.39 Å². The lowest BCUT2D eigenvalue weighted by Crippen LogP contribution is -2.53. The zero-order valence-electron chi connectivity index (χ0n) is 21.2. The van der Waals surface area contributed by atoms with Crippen LogP contribution in [-0.4, -0.2) is 51.2 Å². The quantitative estimate of drug-likeness (QED) is 0.314. The number of nitriles is 1. The molecule has 9 heteroatoms. The summed E-state index contributed by atoms with van der Waals surface area (Å²) in [7, 11) is 0. The number of benzene rings is 2. The molecule has 0 N–H and O–H groups in total. The van der Waals surface area contributed by atoms with Crippen molar-refractivity contribution in [1.82, 2.24) is 19.7 Å². The summed E-state index contributed by atoms with van der Waals surface area (Å²) in [6.45, 7) is 8.91. The van der Waals surface area contributed by atoms with Gasteiger partial charge in [0, 0.05) is 53.8 Å². The van der Waals surface area contributed by atoms with E-state index in [1.165, 1.54) is 12.3 Å². The predicted octanol–water partition coefficient (Wildman–Crippen LogP) is 5.78. The number of fused-ring (bicyclic) bond motifs is 2. The van der Waals surface area contributed by atoms with E-state index in [2.05, 4.69) is 22.7 Å². The first-order valence-electron chi connectivity index (χ1n) is 12.7. The van der Waals surface area contributed by atoms with E-state index in [4.69, 9.17) is 11.6 Å². The first-order chi connectivity index (χ1) is 18.3. The van der Waals surface area contributed by atoms with Crippen molar-refractivity contribution in [3.63, 3.8) is 0 Å². The maximum absolute atomic E-state index is 16.5. The normalized spacial score (nSPS) is 17.7. The summed E-state index contributed by atoms with van der Waals surface area (Å²) in [4.78, 5) is 20.4. The lowest BCUT2D eigenvalue weighted by Gasteiger charge is -2.41. The molecule has 7 nitrogen and oxygen atoms in total. The Morgan fingerprint density at radius 3 is 2.74 bits per heavy atom. The molecule has 0 spiro atoms. The largest absolute Gasteiger partial charge is 0.366 e. The van der Waals surface area contributed by atoms with E-state index in [-0.39, 0.29) is 22.5 Å². The molecular weight excluding hydrogens is 503 g/mol. The number of carbonyl (C=O) groups excluding carboxylic acids is 1. The number of anilines is 1. The van der Waals surface area contributed by atoms with Crippen molar-refractivity contribution >= 4 is 45.0 Å². The highest BCUT2D eigenvalue weighted by atomic mass is 35.5. The molecule has 3 heterocycles. The molecule has 2 fully saturated rings. The van der Waals surface area contributed by atoms with Gasteiger partial charge in [0.25, 0.3) is 0 Å². The second kappa shape index (κ2) is 9.10. The number of halogens is 2. The van der Waals surface area contributed by atoms with Gasteiger partial charge in [0.05, 0.1) is 34.0 Å². The molecule has 0 radical (unpaired) electrons. The molecule has 1 aliphatic carbocycles. The maximum atomic E-state index is 16.5. The van der Waals surface area contributed by atoms with Crippen LogP contribution in [0.1, 0.15) is 36.9 Å². The number of hydrogen-bond acceptors (Lipinski definition) is 5. The van der Waals surface area contributed by atoms with Crippen LogP contribution in [-0.2, 0) is 4.79 Å². The summed E-state index contributed by atoms with van der Waals surface area (Å²) >= 11 is 6.89. The minimum atomic E-state index is -0.522. The highest BCUT2D eigenvalue weighted by molar-refractivity contribution is 6.35. The fourth-order valence-corrected chi connectivity index (χ4v) is 5.95. The smallest absolute Gasteiger partial charge is 0.246 e. The molecule has 1 saturated carbocycles. The molecule has 6 rings (SSSR count). The molecule has 2 aliphatic rings. The van der Waals surface area contributed by atoms with Crippen molar-refractivity contribution in [2.24, 2.45) is 0 Å². The summed E-state index contributed by atoms with van der Waals surface area (Å²) in [5, 5.41) is 16.2. The first kappa shape index (κ1) is 24.4. The summed E-state index contributed by atoms with van der Waals surface area (Å²) in [5.74, 6) is -0.656. The van der Waals surface area contributed by atoms with Gasteiger partial charge in [-0.05, 0) is 44.4 Å². The number of aryl methyl sites for hydroxylation is 1. The van der Waals surface area contributed by atoms with Crippen molar-refractivity contribution in [3.05, 3.63) is 65.2 Å². The number of carbonyl (C=O) groups is 1. The van der Waals surface area contributed by atoms with Crippen molar-refractivity contribution < 1.29 is 9.18 Å². The van der Waals surface area contributed by atoms with Crippen LogP contribution in [0.15, 0.2) is 43.2 Å². The van der Waals surface area contributed by atoms with E-state index in [0.717, 1.165) is 29.3 Å². The van der Waals surface area contributed by atoms with E-state index in [1.807, 2.05) is 41.8 Å². The second-order valence-corrected chi connectivity index (χ2v) is 10.5. The lowest BCUT2D eigenvalue weighted by molar-refractivity contribution is -0.128. The average Bonchev–Trinajstić information content (AvgIpc) is 3.67. The number of piperazine rings is 1. The Balaban J connectivity index is 1.54. The van der Waals surface area contributed by atoms with Gasteiger partial charge < -0.3 is 9.80 Å². The first-order valence-corrected chi connectivity index (χ1v) is 13.1. The number of pyridine rings is 1. The Labute approximate surface area is 224 Å². The average molecular weight is 529 g/mol. The molecule has 1 unspecified atom stereocenters. The predicted molar refractivity (Wildman–Crippen MR) is 147 cm³/mol. The number of hydrogen-bond donors (Lipinski definition) is 0. The molecule has 1 aliphatic heterocycles. The van der Waals surface area contributed by atoms with Gasteiger partial charge in [0.15, 0.2) is 5.82 Å². The molecule has 1 atom stereocenters. The highest BCUT2D eigenvalue weighted by Crippen LogP contribution is 2.45. The van der Waals surface area contributed by atoms with Gasteiger partial charge in [-0.25, -0.2) is 4.39 Å². The van der Waals surface area contributed by atoms with Gasteiger partial charge in [-0.2, -0.15) is 10.4 Å². The van der Waals surface area contributed by atoms with Gasteiger partial charge in [-0.1, -0.05) is 30.3 Å². The molecule has 2 aromatic heterocycles. The molecule has 1 saturated heterocycles. The van der Waals surface area contributed by atoms with Crippen LogP contribution in [0.3, 0.4) is 0 Å². The van der Waals surface area contributed by atoms with E-state index in [1.54, 1.807) is 11.0 Å². The summed E-state index contributed by atoms with van der Waals surface area (Å²) < 4.78 is 18.5. The molecule has 38 heavy (non-hydrogen) atoms. The van der Waals surface area contributed by atoms with E-state index < -0.39 is 5.82 Å². The monoisotopic (exact) mass is 528 g/mol. The molecule has 0 bridgehead atoms. The van der Waals surface area contributed by atoms with Crippen molar-refractivity contribution in [3.8, 4) is 17.2 Å². The molecule has 2 aromatic carbocycles. The third kappa shape index (κ3) is 3.72. The Morgan fingerprint density at radius 2 is 2.05 bits per heavy atom. The SMILES string of the molecule is C=CC(=O)N1CCN(c2c(C#N)cnc3c(F)c(-c4c(C)ccc5cnn(C6CC6)c45)c(Cl)cc23)CC1C. The van der Waals surface area contributed by atoms with Gasteiger partial charge >= 0.3 is 0 Å². The van der Waals surface area contributed by atoms with Crippen LogP contribution in [0.4, 0.5) is 10.1 Å². The molecular formula is C29H26ClFN6O. The third-order valence-corrected chi connectivity index (χ3v) is 7.96. The van der Waals surface area contributed by atoms with Gasteiger partial charge in [-0.3, -0.25) is 14.5 Å². The fourth-order valence-electron chi connectivity index (χ4n) is 5.66. The number of rotatable bonds is 4. The topological polar surface area (TPSA) is 78.1 Å².